The van der Waals surface area contributed by atoms with Gasteiger partial charge in [-0.1, -0.05) is 15.9 Å². The van der Waals surface area contributed by atoms with Crippen LogP contribution in [0.3, 0.4) is 0 Å². The van der Waals surface area contributed by atoms with E-state index in [1.54, 1.807) is 11.0 Å². The highest BCUT2D eigenvalue weighted by Crippen LogP contribution is 2.41. The molecule has 106 valence electrons. The molecule has 0 spiro atoms. The van der Waals surface area contributed by atoms with Crippen LogP contribution in [-0.2, 0) is 0 Å². The second-order valence-electron chi connectivity index (χ2n) is 4.46. The van der Waals surface area contributed by atoms with Crippen LogP contribution >= 0.6 is 15.9 Å². The van der Waals surface area contributed by atoms with Gasteiger partial charge in [-0.2, -0.15) is 0 Å². The van der Waals surface area contributed by atoms with Crippen molar-refractivity contribution in [2.75, 3.05) is 31.9 Å². The summed E-state index contributed by atoms with van der Waals surface area (Å²) in [7, 11) is 0. The molecule has 1 atom stereocenters. The molecule has 0 amide bonds. The molecular weight excluding hydrogens is 320 g/mol. The Morgan fingerprint density at radius 1 is 1.32 bits per heavy atom. The molecule has 0 unspecified atom stereocenters. The third-order valence-corrected chi connectivity index (χ3v) is 3.97. The van der Waals surface area contributed by atoms with Crippen molar-refractivity contribution in [3.05, 3.63) is 22.2 Å². The number of nitrogens with zero attached hydrogens (tertiary/aromatic N) is 1. The topological polar surface area (TPSA) is 61.5 Å². The lowest BCUT2D eigenvalue weighted by Gasteiger charge is -2.35. The van der Waals surface area contributed by atoms with Gasteiger partial charge in [0.25, 0.3) is 6.43 Å². The van der Waals surface area contributed by atoms with Crippen LogP contribution in [0.4, 0.5) is 14.5 Å². The zero-order chi connectivity index (χ0) is 14.0. The summed E-state index contributed by atoms with van der Waals surface area (Å²) in [5, 5.41) is 13.1. The summed E-state index contributed by atoms with van der Waals surface area (Å²) in [4.78, 5) is 1.67. The molecule has 0 radical (unpaired) electrons. The van der Waals surface area contributed by atoms with Gasteiger partial charge in [0.05, 0.1) is 5.69 Å². The minimum Gasteiger partial charge on any atom is -0.505 e. The smallest absolute Gasteiger partial charge is 0.258 e. The van der Waals surface area contributed by atoms with Gasteiger partial charge in [0.2, 0.25) is 0 Å². The number of nitrogen functional groups attached to an aromatic ring is 1. The van der Waals surface area contributed by atoms with E-state index in [1.807, 2.05) is 0 Å². The monoisotopic (exact) mass is 335 g/mol. The molecule has 1 saturated heterocycles. The van der Waals surface area contributed by atoms with E-state index in [0.29, 0.717) is 30.7 Å². The van der Waals surface area contributed by atoms with Gasteiger partial charge in [-0.05, 0) is 12.1 Å². The summed E-state index contributed by atoms with van der Waals surface area (Å²) >= 11 is 3.23. The first-order valence-electron chi connectivity index (χ1n) is 6.02. The van der Waals surface area contributed by atoms with Crippen molar-refractivity contribution >= 4 is 21.6 Å². The zero-order valence-corrected chi connectivity index (χ0v) is 11.8. The first-order chi connectivity index (χ1) is 9.02. The van der Waals surface area contributed by atoms with Crippen LogP contribution in [-0.4, -0.2) is 42.6 Å². The molecule has 0 aliphatic carbocycles. The fourth-order valence-electron chi connectivity index (χ4n) is 2.31. The summed E-state index contributed by atoms with van der Waals surface area (Å²) in [6.45, 7) is 2.33. The van der Waals surface area contributed by atoms with Gasteiger partial charge in [-0.3, -0.25) is 4.90 Å². The Balaban J connectivity index is 2.41. The summed E-state index contributed by atoms with van der Waals surface area (Å²) in [6.07, 6.45) is -2.60. The lowest BCUT2D eigenvalue weighted by atomic mass is 10.0. The first kappa shape index (κ1) is 14.5. The predicted molar refractivity (Wildman–Crippen MR) is 73.4 cm³/mol. The van der Waals surface area contributed by atoms with Crippen LogP contribution in [0, 0.1) is 0 Å². The van der Waals surface area contributed by atoms with E-state index in [1.165, 1.54) is 6.07 Å². The Kier molecular flexibility index (Phi) is 4.59. The zero-order valence-electron chi connectivity index (χ0n) is 10.2. The summed E-state index contributed by atoms with van der Waals surface area (Å²) < 4.78 is 27.3. The SMILES string of the molecule is Nc1ccc(Br)c([C@H](C(F)F)N2CCNCC2)c1O. The highest BCUT2D eigenvalue weighted by molar-refractivity contribution is 9.10. The van der Waals surface area contributed by atoms with Gasteiger partial charge in [0.15, 0.2) is 0 Å². The third-order valence-electron chi connectivity index (χ3n) is 3.27. The van der Waals surface area contributed by atoms with Crippen LogP contribution in [0.1, 0.15) is 11.6 Å². The maximum absolute atomic E-state index is 13.4. The van der Waals surface area contributed by atoms with E-state index in [0.717, 1.165) is 0 Å². The van der Waals surface area contributed by atoms with Gasteiger partial charge in [-0.25, -0.2) is 8.78 Å². The number of halogens is 3. The van der Waals surface area contributed by atoms with Gasteiger partial charge in [0.1, 0.15) is 11.8 Å². The van der Waals surface area contributed by atoms with E-state index in [9.17, 15) is 13.9 Å². The van der Waals surface area contributed by atoms with Crippen LogP contribution in [0.5, 0.6) is 5.75 Å². The molecule has 0 bridgehead atoms. The number of rotatable bonds is 3. The van der Waals surface area contributed by atoms with E-state index < -0.39 is 12.5 Å². The largest absolute Gasteiger partial charge is 0.505 e. The predicted octanol–water partition coefficient (Wildman–Crippen LogP) is 1.95. The van der Waals surface area contributed by atoms with Crippen molar-refractivity contribution in [2.24, 2.45) is 0 Å². The quantitative estimate of drug-likeness (QED) is 0.583. The third kappa shape index (κ3) is 2.98. The number of hydrogen-bond acceptors (Lipinski definition) is 4. The molecule has 19 heavy (non-hydrogen) atoms. The maximum atomic E-state index is 13.4. The number of anilines is 1. The van der Waals surface area contributed by atoms with Crippen molar-refractivity contribution in [3.63, 3.8) is 0 Å². The van der Waals surface area contributed by atoms with Crippen molar-refractivity contribution in [1.82, 2.24) is 10.2 Å². The standard InChI is InChI=1S/C12H16BrF2N3O/c13-7-1-2-8(16)11(19)9(7)10(12(14)15)18-5-3-17-4-6-18/h1-2,10,12,17,19H,3-6,16H2/t10-/m1/s1. The highest BCUT2D eigenvalue weighted by atomic mass is 79.9. The molecule has 1 heterocycles. The number of aromatic hydroxyl groups is 1. The summed E-state index contributed by atoms with van der Waals surface area (Å²) in [5.41, 5.74) is 5.88. The average molecular weight is 336 g/mol. The lowest BCUT2D eigenvalue weighted by Crippen LogP contribution is -2.47. The fourth-order valence-corrected chi connectivity index (χ4v) is 2.86. The Bertz CT molecular complexity index is 453. The number of alkyl halides is 2. The molecular formula is C12H16BrF2N3O. The van der Waals surface area contributed by atoms with Gasteiger partial charge in [-0.15, -0.1) is 0 Å². The molecule has 1 aliphatic heterocycles. The second-order valence-corrected chi connectivity index (χ2v) is 5.32. The number of piperazine rings is 1. The van der Waals surface area contributed by atoms with Crippen LogP contribution in [0.2, 0.25) is 0 Å². The first-order valence-corrected chi connectivity index (χ1v) is 6.81. The highest BCUT2D eigenvalue weighted by Gasteiger charge is 2.34. The number of benzene rings is 1. The minimum atomic E-state index is -2.60. The molecule has 4 N–H and O–H groups in total. The Morgan fingerprint density at radius 2 is 1.95 bits per heavy atom. The fraction of sp³-hybridized carbons (Fsp3) is 0.500. The molecule has 0 saturated carbocycles. The summed E-state index contributed by atoms with van der Waals surface area (Å²) in [5.74, 6) is -0.266. The normalized spacial score (nSPS) is 18.7. The molecule has 1 fully saturated rings. The second kappa shape index (κ2) is 6.02. The van der Waals surface area contributed by atoms with Crippen molar-refractivity contribution in [1.29, 1.82) is 0 Å². The van der Waals surface area contributed by atoms with Gasteiger partial charge in [0, 0.05) is 36.2 Å². The number of nitrogens with one attached hydrogen (secondary N) is 1. The summed E-state index contributed by atoms with van der Waals surface area (Å²) in [6, 6.07) is 1.92. The molecule has 1 aromatic carbocycles. The molecule has 2 rings (SSSR count). The Morgan fingerprint density at radius 3 is 2.53 bits per heavy atom. The van der Waals surface area contributed by atoms with E-state index in [4.69, 9.17) is 5.73 Å². The Labute approximate surface area is 118 Å². The number of phenols is 1. The average Bonchev–Trinajstić information content (AvgIpc) is 2.39. The number of nitrogens with two attached hydrogens (primary N) is 1. The van der Waals surface area contributed by atoms with Crippen molar-refractivity contribution < 1.29 is 13.9 Å². The number of phenolic OH excluding ortho intramolecular Hbond substituents is 1. The molecule has 0 aromatic heterocycles. The van der Waals surface area contributed by atoms with Crippen molar-refractivity contribution in [3.8, 4) is 5.75 Å². The number of hydrogen-bond donors (Lipinski definition) is 3. The van der Waals surface area contributed by atoms with Crippen LogP contribution in [0.25, 0.3) is 0 Å². The molecule has 4 nitrogen and oxygen atoms in total. The van der Waals surface area contributed by atoms with Crippen LogP contribution < -0.4 is 11.1 Å². The maximum Gasteiger partial charge on any atom is 0.258 e. The Hall–Kier alpha value is -0.920. The van der Waals surface area contributed by atoms with Crippen molar-refractivity contribution in [2.45, 2.75) is 12.5 Å². The lowest BCUT2D eigenvalue weighted by molar-refractivity contribution is 0.0167. The van der Waals surface area contributed by atoms with Gasteiger partial charge >= 0.3 is 0 Å². The minimum absolute atomic E-state index is 0.110. The molecule has 1 aromatic rings. The van der Waals surface area contributed by atoms with E-state index in [2.05, 4.69) is 21.2 Å². The van der Waals surface area contributed by atoms with E-state index in [-0.39, 0.29) is 17.0 Å². The molecule has 1 aliphatic rings. The van der Waals surface area contributed by atoms with Gasteiger partial charge < -0.3 is 16.2 Å². The molecule has 7 heteroatoms. The van der Waals surface area contributed by atoms with E-state index >= 15 is 0 Å². The van der Waals surface area contributed by atoms with Crippen LogP contribution in [0.15, 0.2) is 16.6 Å².